The molecule has 1 aromatic heterocycles. The number of fused-ring (bicyclic) bond motifs is 1. The average Bonchev–Trinajstić information content (AvgIpc) is 2.85. The van der Waals surface area contributed by atoms with Crippen LogP contribution in [0.25, 0.3) is 0 Å². The first-order valence-corrected chi connectivity index (χ1v) is 8.07. The second-order valence-corrected chi connectivity index (χ2v) is 7.02. The minimum absolute atomic E-state index is 0.110. The van der Waals surface area contributed by atoms with Gasteiger partial charge in [-0.2, -0.15) is 0 Å². The molecule has 4 heteroatoms. The van der Waals surface area contributed by atoms with E-state index in [0.717, 1.165) is 23.3 Å². The van der Waals surface area contributed by atoms with E-state index >= 15 is 0 Å². The van der Waals surface area contributed by atoms with Crippen molar-refractivity contribution in [3.63, 3.8) is 0 Å². The first kappa shape index (κ1) is 14.1. The number of phenols is 1. The zero-order valence-electron chi connectivity index (χ0n) is 12.3. The van der Waals surface area contributed by atoms with Crippen LogP contribution >= 0.6 is 11.3 Å². The molecule has 0 spiro atoms. The zero-order chi connectivity index (χ0) is 15.0. The lowest BCUT2D eigenvalue weighted by Gasteiger charge is -2.16. The van der Waals surface area contributed by atoms with Crippen molar-refractivity contribution in [2.75, 3.05) is 5.32 Å². The van der Waals surface area contributed by atoms with E-state index in [1.807, 2.05) is 19.1 Å². The zero-order valence-corrected chi connectivity index (χ0v) is 13.1. The molecule has 0 fully saturated rings. The van der Waals surface area contributed by atoms with Gasteiger partial charge in [-0.15, -0.1) is 11.3 Å². The summed E-state index contributed by atoms with van der Waals surface area (Å²) in [5.41, 5.74) is 2.74. The fourth-order valence-electron chi connectivity index (χ4n) is 2.75. The number of benzene rings is 1. The van der Waals surface area contributed by atoms with E-state index in [0.29, 0.717) is 11.6 Å². The Morgan fingerprint density at radius 3 is 2.95 bits per heavy atom. The molecule has 1 heterocycles. The Labute approximate surface area is 128 Å². The summed E-state index contributed by atoms with van der Waals surface area (Å²) in [5, 5.41) is 12.7. The molecule has 0 bridgehead atoms. The number of aryl methyl sites for hydroxylation is 2. The molecular formula is C17H19NO2S. The summed E-state index contributed by atoms with van der Waals surface area (Å²) in [4.78, 5) is 14.4. The fraction of sp³-hybridized carbons (Fsp3) is 0.353. The maximum Gasteiger partial charge on any atom is 0.265 e. The molecule has 0 radical (unpaired) electrons. The van der Waals surface area contributed by atoms with Gasteiger partial charge in [0, 0.05) is 4.88 Å². The predicted octanol–water partition coefficient (Wildman–Crippen LogP) is 4.14. The lowest BCUT2D eigenvalue weighted by Crippen LogP contribution is -2.10. The van der Waals surface area contributed by atoms with E-state index in [2.05, 4.69) is 12.2 Å². The molecule has 3 rings (SSSR count). The van der Waals surface area contributed by atoms with Gasteiger partial charge in [-0.3, -0.25) is 4.79 Å². The van der Waals surface area contributed by atoms with Gasteiger partial charge in [-0.1, -0.05) is 13.0 Å². The molecule has 2 N–H and O–H groups in total. The Balaban J connectivity index is 1.79. The maximum atomic E-state index is 12.3. The van der Waals surface area contributed by atoms with Gasteiger partial charge in [0.05, 0.1) is 10.6 Å². The third-order valence-corrected chi connectivity index (χ3v) is 5.19. The Hall–Kier alpha value is -1.81. The van der Waals surface area contributed by atoms with Crippen LogP contribution in [0.1, 0.15) is 39.0 Å². The first-order valence-electron chi connectivity index (χ1n) is 7.25. The van der Waals surface area contributed by atoms with Crippen molar-refractivity contribution in [3.8, 4) is 5.75 Å². The molecule has 1 aromatic carbocycles. The molecule has 1 aliphatic carbocycles. The van der Waals surface area contributed by atoms with E-state index in [4.69, 9.17) is 0 Å². The summed E-state index contributed by atoms with van der Waals surface area (Å²) in [6.07, 6.45) is 3.34. The Bertz CT molecular complexity index is 690. The van der Waals surface area contributed by atoms with Crippen molar-refractivity contribution >= 4 is 22.9 Å². The lowest BCUT2D eigenvalue weighted by atomic mass is 9.90. The van der Waals surface area contributed by atoms with Crippen LogP contribution in [0.15, 0.2) is 24.3 Å². The van der Waals surface area contributed by atoms with Crippen molar-refractivity contribution in [3.05, 3.63) is 45.1 Å². The largest absolute Gasteiger partial charge is 0.506 e. The molecule has 110 valence electrons. The number of anilines is 1. The topological polar surface area (TPSA) is 49.3 Å². The van der Waals surface area contributed by atoms with Gasteiger partial charge >= 0.3 is 0 Å². The predicted molar refractivity (Wildman–Crippen MR) is 86.3 cm³/mol. The smallest absolute Gasteiger partial charge is 0.265 e. The summed E-state index contributed by atoms with van der Waals surface area (Å²) in [6, 6.07) is 7.27. The van der Waals surface area contributed by atoms with Crippen molar-refractivity contribution in [1.82, 2.24) is 0 Å². The molecular weight excluding hydrogens is 282 g/mol. The Kier molecular flexibility index (Phi) is 3.72. The van der Waals surface area contributed by atoms with Gasteiger partial charge in [0.15, 0.2) is 0 Å². The van der Waals surface area contributed by atoms with Crippen LogP contribution in [0.3, 0.4) is 0 Å². The number of carbonyl (C=O) groups excluding carboxylic acids is 1. The van der Waals surface area contributed by atoms with E-state index in [9.17, 15) is 9.90 Å². The molecule has 2 aromatic rings. The lowest BCUT2D eigenvalue weighted by molar-refractivity contribution is 0.103. The number of rotatable bonds is 2. The third kappa shape index (κ3) is 2.95. The number of hydrogen-bond donors (Lipinski definition) is 2. The van der Waals surface area contributed by atoms with E-state index < -0.39 is 0 Å². The summed E-state index contributed by atoms with van der Waals surface area (Å²) in [5.74, 6) is 0.670. The van der Waals surface area contributed by atoms with Crippen molar-refractivity contribution in [2.45, 2.75) is 33.1 Å². The Morgan fingerprint density at radius 2 is 2.19 bits per heavy atom. The van der Waals surface area contributed by atoms with Gasteiger partial charge < -0.3 is 10.4 Å². The molecule has 1 amide bonds. The van der Waals surface area contributed by atoms with Crippen molar-refractivity contribution < 1.29 is 9.90 Å². The number of nitrogens with one attached hydrogen (secondary N) is 1. The average molecular weight is 301 g/mol. The van der Waals surface area contributed by atoms with Crippen LogP contribution in [0.5, 0.6) is 5.75 Å². The summed E-state index contributed by atoms with van der Waals surface area (Å²) >= 11 is 1.58. The highest BCUT2D eigenvalue weighted by molar-refractivity contribution is 7.14. The molecule has 3 nitrogen and oxygen atoms in total. The maximum absolute atomic E-state index is 12.3. The summed E-state index contributed by atoms with van der Waals surface area (Å²) in [6.45, 7) is 4.16. The number of amides is 1. The van der Waals surface area contributed by atoms with E-state index in [1.165, 1.54) is 16.9 Å². The van der Waals surface area contributed by atoms with Crippen LogP contribution < -0.4 is 5.32 Å². The molecule has 1 atom stereocenters. The van der Waals surface area contributed by atoms with Crippen molar-refractivity contribution in [1.29, 1.82) is 0 Å². The van der Waals surface area contributed by atoms with Gasteiger partial charge in [0.1, 0.15) is 5.75 Å². The minimum Gasteiger partial charge on any atom is -0.506 e. The first-order chi connectivity index (χ1) is 10.0. The van der Waals surface area contributed by atoms with Crippen molar-refractivity contribution in [2.24, 2.45) is 5.92 Å². The second-order valence-electron chi connectivity index (χ2n) is 5.88. The normalized spacial score (nSPS) is 17.3. The minimum atomic E-state index is -0.138. The highest BCUT2D eigenvalue weighted by atomic mass is 32.1. The van der Waals surface area contributed by atoms with Gasteiger partial charge in [-0.05, 0) is 61.4 Å². The quantitative estimate of drug-likeness (QED) is 0.819. The van der Waals surface area contributed by atoms with Gasteiger partial charge in [-0.25, -0.2) is 0 Å². The van der Waals surface area contributed by atoms with E-state index in [-0.39, 0.29) is 11.7 Å². The van der Waals surface area contributed by atoms with Crippen LogP contribution in [-0.2, 0) is 12.8 Å². The monoisotopic (exact) mass is 301 g/mol. The summed E-state index contributed by atoms with van der Waals surface area (Å²) < 4.78 is 0. The molecule has 1 aliphatic rings. The number of thiophene rings is 1. The number of phenolic OH excluding ortho intramolecular Hbond substituents is 1. The standard InChI is InChI=1S/C17H19NO2S/c1-10-4-6-15-12(7-10)9-16(21-15)17(20)18-13-5-3-11(2)8-14(13)19/h3,5,8-10,19H,4,6-7H2,1-2H3,(H,18,20)/t10-/m1/s1. The molecule has 0 saturated heterocycles. The van der Waals surface area contributed by atoms with E-state index in [1.54, 1.807) is 23.5 Å². The van der Waals surface area contributed by atoms with Crippen LogP contribution in [0.4, 0.5) is 5.69 Å². The van der Waals surface area contributed by atoms with Crippen LogP contribution in [-0.4, -0.2) is 11.0 Å². The molecule has 0 unspecified atom stereocenters. The highest BCUT2D eigenvalue weighted by Gasteiger charge is 2.21. The SMILES string of the molecule is Cc1ccc(NC(=O)c2cc3c(s2)CC[C@@H](C)C3)c(O)c1. The number of aromatic hydroxyl groups is 1. The van der Waals surface area contributed by atoms with Crippen LogP contribution in [0.2, 0.25) is 0 Å². The fourth-order valence-corrected chi connectivity index (χ4v) is 3.85. The second kappa shape index (κ2) is 5.53. The molecule has 0 aliphatic heterocycles. The molecule has 21 heavy (non-hydrogen) atoms. The van der Waals surface area contributed by atoms with Gasteiger partial charge in [0.25, 0.3) is 5.91 Å². The number of carbonyl (C=O) groups is 1. The number of hydrogen-bond acceptors (Lipinski definition) is 3. The van der Waals surface area contributed by atoms with Crippen LogP contribution in [0, 0.1) is 12.8 Å². The van der Waals surface area contributed by atoms with Gasteiger partial charge in [0.2, 0.25) is 0 Å². The third-order valence-electron chi connectivity index (χ3n) is 3.95. The molecule has 0 saturated carbocycles. The summed E-state index contributed by atoms with van der Waals surface area (Å²) in [7, 11) is 0. The highest BCUT2D eigenvalue weighted by Crippen LogP contribution is 2.33. The Morgan fingerprint density at radius 1 is 1.38 bits per heavy atom.